The molecule has 0 saturated carbocycles. The first kappa shape index (κ1) is 28.5. The summed E-state index contributed by atoms with van der Waals surface area (Å²) in [6.07, 6.45) is 3.53. The summed E-state index contributed by atoms with van der Waals surface area (Å²) in [4.78, 5) is 17.6. The monoisotopic (exact) mass is 539 g/mol. The van der Waals surface area contributed by atoms with E-state index < -0.39 is 19.5 Å². The minimum Gasteiger partial charge on any atom is -0.491 e. The number of carbonyl (C=O) groups excluding carboxylic acids is 1. The average molecular weight is 540 g/mol. The fraction of sp³-hybridized carbons (Fsp3) is 0.533. The van der Waals surface area contributed by atoms with E-state index in [1.807, 2.05) is 24.3 Å². The van der Waals surface area contributed by atoms with E-state index in [4.69, 9.17) is 18.3 Å². The molecular weight excluding hydrogens is 498 g/mol. The second kappa shape index (κ2) is 9.90. The largest absolute Gasteiger partial charge is 0.491 e. The molecule has 0 unspecified atom stereocenters. The number of benzene rings is 1. The van der Waals surface area contributed by atoms with Crippen LogP contribution in [-0.4, -0.2) is 49.3 Å². The van der Waals surface area contributed by atoms with Crippen molar-refractivity contribution in [3.05, 3.63) is 59.1 Å². The standard InChI is InChI=1S/C30H41NO6Si/c1-28(2,3)38(8,9)35-15-13-20(37-30(6,7)33)18-34-19-10-11-21-23(16-19)29(4,5)27-25(26(21)32)22-12-14-31-17-24(22)36-27/h10-12,14,16-17,20,33H,13,15,18H2,1-9H3/t20-/m0/s1. The van der Waals surface area contributed by atoms with Gasteiger partial charge in [-0.2, -0.15) is 0 Å². The number of carbonyl (C=O) groups is 1. The maximum Gasteiger partial charge on any atom is 0.197 e. The number of ether oxygens (including phenoxy) is 2. The maximum atomic E-state index is 13.5. The van der Waals surface area contributed by atoms with E-state index >= 15 is 0 Å². The quantitative estimate of drug-likeness (QED) is 0.242. The second-order valence-corrected chi connectivity index (χ2v) is 17.5. The van der Waals surface area contributed by atoms with Crippen LogP contribution in [0.2, 0.25) is 18.1 Å². The summed E-state index contributed by atoms with van der Waals surface area (Å²) in [5.74, 6) is -0.0968. The number of pyridine rings is 1. The summed E-state index contributed by atoms with van der Waals surface area (Å²) in [6.45, 7) is 19.1. The molecule has 0 bridgehead atoms. The van der Waals surface area contributed by atoms with Gasteiger partial charge in [-0.05, 0) is 82.1 Å². The Balaban J connectivity index is 1.53. The molecule has 1 N–H and O–H groups in total. The summed E-state index contributed by atoms with van der Waals surface area (Å²) < 4.78 is 24.5. The molecule has 1 aliphatic carbocycles. The Bertz CT molecular complexity index is 1330. The molecule has 1 aromatic carbocycles. The summed E-state index contributed by atoms with van der Waals surface area (Å²) in [5.41, 5.74) is 2.16. The maximum absolute atomic E-state index is 13.5. The third-order valence-corrected chi connectivity index (χ3v) is 12.3. The molecule has 0 radical (unpaired) electrons. The van der Waals surface area contributed by atoms with Crippen molar-refractivity contribution in [1.82, 2.24) is 4.98 Å². The zero-order valence-electron chi connectivity index (χ0n) is 24.1. The van der Waals surface area contributed by atoms with Gasteiger partial charge in [-0.3, -0.25) is 9.78 Å². The Morgan fingerprint density at radius 1 is 1.13 bits per heavy atom. The van der Waals surface area contributed by atoms with Gasteiger partial charge >= 0.3 is 0 Å². The highest BCUT2D eigenvalue weighted by atomic mass is 28.4. The predicted molar refractivity (Wildman–Crippen MR) is 150 cm³/mol. The lowest BCUT2D eigenvalue weighted by Crippen LogP contribution is -2.42. The predicted octanol–water partition coefficient (Wildman–Crippen LogP) is 6.60. The van der Waals surface area contributed by atoms with E-state index in [1.54, 1.807) is 26.2 Å². The van der Waals surface area contributed by atoms with Crippen molar-refractivity contribution in [2.24, 2.45) is 0 Å². The lowest BCUT2D eigenvalue weighted by molar-refractivity contribution is -0.213. The van der Waals surface area contributed by atoms with Gasteiger partial charge in [0.25, 0.3) is 0 Å². The molecule has 38 heavy (non-hydrogen) atoms. The molecule has 1 aliphatic rings. The van der Waals surface area contributed by atoms with Crippen LogP contribution >= 0.6 is 0 Å². The summed E-state index contributed by atoms with van der Waals surface area (Å²) in [7, 11) is -1.90. The number of ketones is 1. The Morgan fingerprint density at radius 3 is 2.50 bits per heavy atom. The third-order valence-electron chi connectivity index (χ3n) is 7.80. The fourth-order valence-corrected chi connectivity index (χ4v) is 5.70. The van der Waals surface area contributed by atoms with Gasteiger partial charge in [0, 0.05) is 29.2 Å². The van der Waals surface area contributed by atoms with Gasteiger partial charge in [0.1, 0.15) is 18.1 Å². The number of nitrogens with zero attached hydrogens (tertiary/aromatic N) is 1. The summed E-state index contributed by atoms with van der Waals surface area (Å²) in [6, 6.07) is 7.37. The van der Waals surface area contributed by atoms with Gasteiger partial charge in [-0.15, -0.1) is 0 Å². The van der Waals surface area contributed by atoms with Gasteiger partial charge in [0.15, 0.2) is 25.5 Å². The number of fused-ring (bicyclic) bond motifs is 4. The number of hydrogen-bond acceptors (Lipinski definition) is 7. The van der Waals surface area contributed by atoms with Crippen LogP contribution in [0.4, 0.5) is 0 Å². The molecule has 8 heteroatoms. The van der Waals surface area contributed by atoms with E-state index in [0.29, 0.717) is 41.2 Å². The van der Waals surface area contributed by atoms with E-state index in [-0.39, 0.29) is 23.5 Å². The first-order valence-corrected chi connectivity index (χ1v) is 16.2. The molecule has 1 atom stereocenters. The highest BCUT2D eigenvalue weighted by Crippen LogP contribution is 2.46. The Hall–Kier alpha value is -2.52. The topological polar surface area (TPSA) is 91.0 Å². The molecule has 0 saturated heterocycles. The van der Waals surface area contributed by atoms with E-state index in [9.17, 15) is 9.90 Å². The molecule has 2 heterocycles. The Labute approximate surface area is 226 Å². The first-order valence-electron chi connectivity index (χ1n) is 13.2. The van der Waals surface area contributed by atoms with Gasteiger partial charge in [0.2, 0.25) is 0 Å². The van der Waals surface area contributed by atoms with Crippen LogP contribution in [0.25, 0.3) is 11.0 Å². The molecule has 4 rings (SSSR count). The van der Waals surface area contributed by atoms with Crippen molar-refractivity contribution in [3.63, 3.8) is 0 Å². The van der Waals surface area contributed by atoms with Crippen LogP contribution in [-0.2, 0) is 14.6 Å². The number of rotatable bonds is 9. The van der Waals surface area contributed by atoms with Crippen molar-refractivity contribution in [2.45, 2.75) is 90.3 Å². The zero-order valence-corrected chi connectivity index (χ0v) is 25.1. The highest BCUT2D eigenvalue weighted by Gasteiger charge is 2.42. The molecule has 0 amide bonds. The SMILES string of the molecule is CC(C)(O)O[C@@H](CCO[Si](C)(C)C(C)(C)C)COc1ccc2c(c1)C(C)(C)c1oc3cnccc3c1C2=O. The van der Waals surface area contributed by atoms with Crippen molar-refractivity contribution in [1.29, 1.82) is 0 Å². The Kier molecular flexibility index (Phi) is 7.42. The van der Waals surface area contributed by atoms with Crippen molar-refractivity contribution in [3.8, 4) is 5.75 Å². The van der Waals surface area contributed by atoms with E-state index in [0.717, 1.165) is 10.9 Å². The zero-order chi connectivity index (χ0) is 28.1. The fourth-order valence-electron chi connectivity index (χ4n) is 4.64. The first-order chi connectivity index (χ1) is 17.5. The number of aromatic nitrogens is 1. The molecule has 0 aliphatic heterocycles. The normalized spacial score (nSPS) is 16.3. The number of hydrogen-bond donors (Lipinski definition) is 1. The van der Waals surface area contributed by atoms with Crippen LogP contribution in [0.15, 0.2) is 41.1 Å². The number of aliphatic hydroxyl groups is 1. The van der Waals surface area contributed by atoms with Gasteiger partial charge in [-0.1, -0.05) is 20.8 Å². The third kappa shape index (κ3) is 5.59. The lowest BCUT2D eigenvalue weighted by atomic mass is 9.72. The minimum atomic E-state index is -1.90. The van der Waals surface area contributed by atoms with Gasteiger partial charge < -0.3 is 23.4 Å². The molecule has 0 fully saturated rings. The lowest BCUT2D eigenvalue weighted by Gasteiger charge is -2.36. The van der Waals surface area contributed by atoms with Crippen LogP contribution in [0.3, 0.4) is 0 Å². The van der Waals surface area contributed by atoms with Gasteiger partial charge in [0.05, 0.1) is 17.9 Å². The summed E-state index contributed by atoms with van der Waals surface area (Å²) in [5, 5.41) is 11.2. The second-order valence-electron chi connectivity index (χ2n) is 12.7. The van der Waals surface area contributed by atoms with Crippen LogP contribution in [0, 0.1) is 0 Å². The van der Waals surface area contributed by atoms with Crippen molar-refractivity contribution in [2.75, 3.05) is 13.2 Å². The van der Waals surface area contributed by atoms with Gasteiger partial charge in [-0.25, -0.2) is 0 Å². The van der Waals surface area contributed by atoms with Crippen LogP contribution in [0.1, 0.15) is 82.1 Å². The molecule has 206 valence electrons. The highest BCUT2D eigenvalue weighted by molar-refractivity contribution is 6.74. The minimum absolute atomic E-state index is 0.0585. The Morgan fingerprint density at radius 2 is 1.84 bits per heavy atom. The molecule has 0 spiro atoms. The van der Waals surface area contributed by atoms with Crippen LogP contribution < -0.4 is 4.74 Å². The molecule has 2 aromatic heterocycles. The van der Waals surface area contributed by atoms with E-state index in [1.165, 1.54) is 0 Å². The van der Waals surface area contributed by atoms with Crippen LogP contribution in [0.5, 0.6) is 5.75 Å². The van der Waals surface area contributed by atoms with E-state index in [2.05, 4.69) is 52.7 Å². The van der Waals surface area contributed by atoms with Crippen molar-refractivity contribution < 1.29 is 28.2 Å². The molecule has 7 nitrogen and oxygen atoms in total. The molecule has 3 aromatic rings. The molecular formula is C30H41NO6Si. The number of furan rings is 1. The average Bonchev–Trinajstić information content (AvgIpc) is 3.20. The van der Waals surface area contributed by atoms with Crippen molar-refractivity contribution >= 4 is 25.1 Å². The summed E-state index contributed by atoms with van der Waals surface area (Å²) >= 11 is 0. The smallest absolute Gasteiger partial charge is 0.197 e.